The molecule has 0 aliphatic carbocycles. The van der Waals surface area contributed by atoms with Gasteiger partial charge >= 0.3 is 0 Å². The van der Waals surface area contributed by atoms with Gasteiger partial charge in [-0.15, -0.1) is 0 Å². The van der Waals surface area contributed by atoms with Gasteiger partial charge in [0.2, 0.25) is 0 Å². The second-order valence-electron chi connectivity index (χ2n) is 3.77. The first-order valence-electron chi connectivity index (χ1n) is 5.38. The first-order chi connectivity index (χ1) is 9.08. The lowest BCUT2D eigenvalue weighted by molar-refractivity contribution is -0.384. The number of benzene rings is 2. The number of rotatable bonds is 4. The van der Waals surface area contributed by atoms with Crippen LogP contribution in [0.4, 0.5) is 5.69 Å². The van der Waals surface area contributed by atoms with Crippen molar-refractivity contribution in [2.75, 3.05) is 0 Å². The van der Waals surface area contributed by atoms with Crippen LogP contribution in [-0.4, -0.2) is 4.92 Å². The maximum absolute atomic E-state index is 10.7. The molecule has 0 aliphatic rings. The van der Waals surface area contributed by atoms with Gasteiger partial charge in [0, 0.05) is 12.1 Å². The summed E-state index contributed by atoms with van der Waals surface area (Å²) < 4.78 is 5.50. The Morgan fingerprint density at radius 3 is 2.42 bits per heavy atom. The van der Waals surface area contributed by atoms with Crippen molar-refractivity contribution in [2.24, 2.45) is 0 Å². The number of halogens is 2. The molecule has 6 heteroatoms. The van der Waals surface area contributed by atoms with E-state index in [1.54, 1.807) is 0 Å². The lowest BCUT2D eigenvalue weighted by Gasteiger charge is -2.08. The van der Waals surface area contributed by atoms with Gasteiger partial charge in [-0.2, -0.15) is 0 Å². The summed E-state index contributed by atoms with van der Waals surface area (Å²) in [5.41, 5.74) is 0.728. The van der Waals surface area contributed by atoms with E-state index in [1.165, 1.54) is 12.1 Å². The fourth-order valence-corrected chi connectivity index (χ4v) is 1.94. The highest BCUT2D eigenvalue weighted by Gasteiger charge is 2.16. The van der Waals surface area contributed by atoms with Crippen LogP contribution in [0, 0.1) is 10.1 Å². The highest BCUT2D eigenvalue weighted by Crippen LogP contribution is 2.35. The molecule has 19 heavy (non-hydrogen) atoms. The van der Waals surface area contributed by atoms with E-state index in [0.717, 1.165) is 5.56 Å². The normalized spacial score (nSPS) is 10.2. The highest BCUT2D eigenvalue weighted by molar-refractivity contribution is 6.35. The number of ether oxygens (including phenoxy) is 1. The molecule has 0 heterocycles. The first kappa shape index (κ1) is 13.6. The molecule has 4 nitrogen and oxygen atoms in total. The van der Waals surface area contributed by atoms with E-state index in [1.807, 2.05) is 30.3 Å². The molecular weight excluding hydrogens is 289 g/mol. The third-order valence-electron chi connectivity index (χ3n) is 2.44. The zero-order valence-corrected chi connectivity index (χ0v) is 11.2. The second-order valence-corrected chi connectivity index (χ2v) is 4.58. The minimum atomic E-state index is -0.588. The molecule has 98 valence electrons. The molecule has 2 aromatic carbocycles. The maximum Gasteiger partial charge on any atom is 0.289 e. The van der Waals surface area contributed by atoms with Gasteiger partial charge in [0.15, 0.2) is 0 Å². The van der Waals surface area contributed by atoms with E-state index in [-0.39, 0.29) is 15.7 Å². The first-order valence-corrected chi connectivity index (χ1v) is 6.13. The van der Waals surface area contributed by atoms with E-state index < -0.39 is 4.92 Å². The Hall–Kier alpha value is -1.78. The van der Waals surface area contributed by atoms with Crippen molar-refractivity contribution < 1.29 is 9.66 Å². The zero-order chi connectivity index (χ0) is 13.8. The van der Waals surface area contributed by atoms with Gasteiger partial charge < -0.3 is 4.74 Å². The van der Waals surface area contributed by atoms with Crippen molar-refractivity contribution in [3.8, 4) is 5.75 Å². The zero-order valence-electron chi connectivity index (χ0n) is 9.68. The van der Waals surface area contributed by atoms with Crippen LogP contribution < -0.4 is 4.74 Å². The smallest absolute Gasteiger partial charge is 0.289 e. The Bertz CT molecular complexity index is 602. The number of hydrogen-bond acceptors (Lipinski definition) is 3. The van der Waals surface area contributed by atoms with Gasteiger partial charge in [0.1, 0.15) is 17.4 Å². The van der Waals surface area contributed by atoms with Crippen molar-refractivity contribution in [1.82, 2.24) is 0 Å². The monoisotopic (exact) mass is 297 g/mol. The fraction of sp³-hybridized carbons (Fsp3) is 0.0769. The van der Waals surface area contributed by atoms with Gasteiger partial charge in [0.05, 0.1) is 9.95 Å². The predicted molar refractivity (Wildman–Crippen MR) is 73.9 cm³/mol. The third-order valence-corrected chi connectivity index (χ3v) is 3.03. The summed E-state index contributed by atoms with van der Waals surface area (Å²) in [4.78, 5) is 10.1. The summed E-state index contributed by atoms with van der Waals surface area (Å²) >= 11 is 11.7. The van der Waals surface area contributed by atoms with Crippen LogP contribution in [-0.2, 0) is 6.61 Å². The Kier molecular flexibility index (Phi) is 4.24. The van der Waals surface area contributed by atoms with E-state index in [0.29, 0.717) is 12.4 Å². The number of nitro groups is 1. The summed E-state index contributed by atoms with van der Waals surface area (Å²) in [6.45, 7) is 0.314. The maximum atomic E-state index is 10.7. The standard InChI is InChI=1S/C13H9Cl2NO3/c14-10-7-13(11(15)6-12(10)16(17)18)19-8-9-4-2-1-3-5-9/h1-7H,8H2. The summed E-state index contributed by atoms with van der Waals surface area (Å²) in [6.07, 6.45) is 0. The number of nitrogens with zero attached hydrogens (tertiary/aromatic N) is 1. The topological polar surface area (TPSA) is 52.4 Å². The van der Waals surface area contributed by atoms with Crippen LogP contribution in [0.25, 0.3) is 0 Å². The summed E-state index contributed by atoms with van der Waals surface area (Å²) in [5, 5.41) is 10.8. The van der Waals surface area contributed by atoms with E-state index in [9.17, 15) is 10.1 Å². The lowest BCUT2D eigenvalue weighted by atomic mass is 10.2. The van der Waals surface area contributed by atoms with Crippen LogP contribution in [0.1, 0.15) is 5.56 Å². The molecule has 2 rings (SSSR count). The highest BCUT2D eigenvalue weighted by atomic mass is 35.5. The predicted octanol–water partition coefficient (Wildman–Crippen LogP) is 4.48. The molecule has 0 radical (unpaired) electrons. The van der Waals surface area contributed by atoms with Gasteiger partial charge in [0.25, 0.3) is 5.69 Å². The molecular formula is C13H9Cl2NO3. The van der Waals surface area contributed by atoms with Crippen LogP contribution in [0.15, 0.2) is 42.5 Å². The number of hydrogen-bond donors (Lipinski definition) is 0. The summed E-state index contributed by atoms with van der Waals surface area (Å²) in [7, 11) is 0. The van der Waals surface area contributed by atoms with Gasteiger partial charge in [-0.05, 0) is 5.56 Å². The largest absolute Gasteiger partial charge is 0.487 e. The van der Waals surface area contributed by atoms with E-state index in [4.69, 9.17) is 27.9 Å². The Balaban J connectivity index is 2.17. The second kappa shape index (κ2) is 5.91. The molecule has 0 aliphatic heterocycles. The Morgan fingerprint density at radius 1 is 1.11 bits per heavy atom. The molecule has 0 saturated heterocycles. The van der Waals surface area contributed by atoms with Crippen molar-refractivity contribution in [3.63, 3.8) is 0 Å². The Labute approximate surface area is 119 Å². The van der Waals surface area contributed by atoms with E-state index >= 15 is 0 Å². The Morgan fingerprint density at radius 2 is 1.79 bits per heavy atom. The molecule has 0 spiro atoms. The summed E-state index contributed by atoms with van der Waals surface area (Å²) in [5.74, 6) is 0.320. The van der Waals surface area contributed by atoms with E-state index in [2.05, 4.69) is 0 Å². The minimum Gasteiger partial charge on any atom is -0.487 e. The van der Waals surface area contributed by atoms with Crippen molar-refractivity contribution in [2.45, 2.75) is 6.61 Å². The molecule has 0 fully saturated rings. The van der Waals surface area contributed by atoms with Gasteiger partial charge in [-0.25, -0.2) is 0 Å². The van der Waals surface area contributed by atoms with Gasteiger partial charge in [-0.3, -0.25) is 10.1 Å². The molecule has 0 N–H and O–H groups in total. The van der Waals surface area contributed by atoms with Crippen molar-refractivity contribution >= 4 is 28.9 Å². The fourth-order valence-electron chi connectivity index (χ4n) is 1.50. The van der Waals surface area contributed by atoms with Crippen LogP contribution >= 0.6 is 23.2 Å². The number of nitro benzene ring substituents is 1. The molecule has 0 saturated carbocycles. The third kappa shape index (κ3) is 3.36. The van der Waals surface area contributed by atoms with Crippen LogP contribution in [0.5, 0.6) is 5.75 Å². The molecule has 0 bridgehead atoms. The van der Waals surface area contributed by atoms with Gasteiger partial charge in [-0.1, -0.05) is 53.5 Å². The average molecular weight is 298 g/mol. The van der Waals surface area contributed by atoms with Crippen molar-refractivity contribution in [3.05, 3.63) is 68.2 Å². The van der Waals surface area contributed by atoms with Crippen LogP contribution in [0.3, 0.4) is 0 Å². The van der Waals surface area contributed by atoms with Crippen molar-refractivity contribution in [1.29, 1.82) is 0 Å². The SMILES string of the molecule is O=[N+]([O-])c1cc(Cl)c(OCc2ccccc2)cc1Cl. The molecule has 0 amide bonds. The molecule has 0 aromatic heterocycles. The molecule has 2 aromatic rings. The molecule has 0 unspecified atom stereocenters. The summed E-state index contributed by atoms with van der Waals surface area (Å²) in [6, 6.07) is 12.0. The lowest BCUT2D eigenvalue weighted by Crippen LogP contribution is -1.97. The van der Waals surface area contributed by atoms with Crippen LogP contribution in [0.2, 0.25) is 10.0 Å². The molecule has 0 atom stereocenters. The average Bonchev–Trinajstić information content (AvgIpc) is 2.40. The quantitative estimate of drug-likeness (QED) is 0.617. The minimum absolute atomic E-state index is 0.00235.